The van der Waals surface area contributed by atoms with E-state index in [0.717, 1.165) is 0 Å². The fraction of sp³-hybridized carbons (Fsp3) is 0.0870. The Morgan fingerprint density at radius 3 is 2.39 bits per heavy atom. The maximum atomic E-state index is 14.5. The van der Waals surface area contributed by atoms with E-state index in [2.05, 4.69) is 20.0 Å². The number of imidazole rings is 1. The predicted octanol–water partition coefficient (Wildman–Crippen LogP) is 3.45. The zero-order valence-electron chi connectivity index (χ0n) is 17.6. The summed E-state index contributed by atoms with van der Waals surface area (Å²) in [7, 11) is -3.80. The van der Waals surface area contributed by atoms with Crippen LogP contribution in [0.1, 0.15) is 21.7 Å². The minimum atomic E-state index is -3.80. The van der Waals surface area contributed by atoms with Gasteiger partial charge in [-0.05, 0) is 61.0 Å². The summed E-state index contributed by atoms with van der Waals surface area (Å²) < 4.78 is 43.6. The fourth-order valence-electron chi connectivity index (χ4n) is 3.19. The maximum Gasteiger partial charge on any atom is 0.261 e. The van der Waals surface area contributed by atoms with Crippen LogP contribution in [0.3, 0.4) is 0 Å². The van der Waals surface area contributed by atoms with E-state index in [1.165, 1.54) is 54.9 Å². The van der Waals surface area contributed by atoms with Crippen LogP contribution in [-0.2, 0) is 16.6 Å². The predicted molar refractivity (Wildman–Crippen MR) is 121 cm³/mol. The van der Waals surface area contributed by atoms with Crippen molar-refractivity contribution in [1.82, 2.24) is 19.9 Å². The molecule has 0 aliphatic heterocycles. The number of hydrogen-bond donors (Lipinski definition) is 2. The molecule has 0 unspecified atom stereocenters. The number of nitrogens with one attached hydrogen (secondary N) is 2. The Hall–Kier alpha value is -4.05. The van der Waals surface area contributed by atoms with Crippen LogP contribution in [0.25, 0.3) is 5.69 Å². The summed E-state index contributed by atoms with van der Waals surface area (Å²) in [6.45, 7) is 1.89. The van der Waals surface area contributed by atoms with Gasteiger partial charge in [-0.1, -0.05) is 6.07 Å². The largest absolute Gasteiger partial charge is 0.348 e. The first-order valence-electron chi connectivity index (χ1n) is 9.93. The van der Waals surface area contributed by atoms with Gasteiger partial charge in [0.1, 0.15) is 11.6 Å². The summed E-state index contributed by atoms with van der Waals surface area (Å²) in [5.41, 5.74) is 1.62. The van der Waals surface area contributed by atoms with Crippen molar-refractivity contribution < 1.29 is 17.6 Å². The lowest BCUT2D eigenvalue weighted by Gasteiger charge is -2.10. The van der Waals surface area contributed by atoms with Crippen molar-refractivity contribution in [3.05, 3.63) is 102 Å². The van der Waals surface area contributed by atoms with Gasteiger partial charge in [-0.25, -0.2) is 17.8 Å². The molecule has 2 heterocycles. The van der Waals surface area contributed by atoms with Gasteiger partial charge in [0.15, 0.2) is 0 Å². The molecule has 0 saturated heterocycles. The number of sulfonamides is 1. The van der Waals surface area contributed by atoms with E-state index in [-0.39, 0.29) is 17.0 Å². The van der Waals surface area contributed by atoms with Crippen LogP contribution in [0.4, 0.5) is 10.1 Å². The lowest BCUT2D eigenvalue weighted by molar-refractivity contribution is 0.0950. The Kier molecular flexibility index (Phi) is 6.18. The highest BCUT2D eigenvalue weighted by molar-refractivity contribution is 7.92. The van der Waals surface area contributed by atoms with Crippen LogP contribution < -0.4 is 10.0 Å². The molecule has 2 N–H and O–H groups in total. The Balaban J connectivity index is 1.40. The zero-order chi connectivity index (χ0) is 23.4. The van der Waals surface area contributed by atoms with Crippen molar-refractivity contribution >= 4 is 21.6 Å². The van der Waals surface area contributed by atoms with Crippen LogP contribution in [0.5, 0.6) is 0 Å². The van der Waals surface area contributed by atoms with Crippen molar-refractivity contribution in [3.63, 3.8) is 0 Å². The third-order valence-corrected chi connectivity index (χ3v) is 6.31. The van der Waals surface area contributed by atoms with E-state index in [4.69, 9.17) is 0 Å². The first kappa shape index (κ1) is 22.2. The highest BCUT2D eigenvalue weighted by Gasteiger charge is 2.15. The minimum absolute atomic E-state index is 0.0170. The normalized spacial score (nSPS) is 11.2. The molecule has 0 bridgehead atoms. The topological polar surface area (TPSA) is 106 Å². The van der Waals surface area contributed by atoms with Crippen molar-refractivity contribution in [1.29, 1.82) is 0 Å². The van der Waals surface area contributed by atoms with Gasteiger partial charge in [0.25, 0.3) is 15.9 Å². The van der Waals surface area contributed by atoms with Gasteiger partial charge in [0.2, 0.25) is 0 Å². The number of amides is 1. The Morgan fingerprint density at radius 1 is 1.03 bits per heavy atom. The highest BCUT2D eigenvalue weighted by Crippen LogP contribution is 2.18. The Bertz CT molecular complexity index is 1390. The molecule has 4 rings (SSSR count). The highest BCUT2D eigenvalue weighted by atomic mass is 32.2. The summed E-state index contributed by atoms with van der Waals surface area (Å²) in [6, 6.07) is 13.3. The number of hydrogen-bond acceptors (Lipinski definition) is 5. The molecular formula is C23H20FN5O3S. The smallest absolute Gasteiger partial charge is 0.261 e. The number of carbonyl (C=O) groups is 1. The molecule has 0 spiro atoms. The molecule has 0 saturated carbocycles. The summed E-state index contributed by atoms with van der Waals surface area (Å²) in [5, 5.41) is 2.71. The van der Waals surface area contributed by atoms with Crippen LogP contribution >= 0.6 is 0 Å². The van der Waals surface area contributed by atoms with Gasteiger partial charge in [-0.15, -0.1) is 0 Å². The zero-order valence-corrected chi connectivity index (χ0v) is 18.4. The monoisotopic (exact) mass is 465 g/mol. The van der Waals surface area contributed by atoms with Gasteiger partial charge in [0, 0.05) is 36.9 Å². The number of aromatic nitrogens is 3. The van der Waals surface area contributed by atoms with Crippen molar-refractivity contribution in [3.8, 4) is 5.69 Å². The van der Waals surface area contributed by atoms with E-state index < -0.39 is 21.7 Å². The van der Waals surface area contributed by atoms with Gasteiger partial charge in [-0.2, -0.15) is 0 Å². The standard InChI is InChI=1S/C23H20FN5O3S/c1-16-26-12-13-29(16)22-7-2-17(14-21(22)24)15-27-23(30)18-3-5-20(6-4-18)33(31,32)28-19-8-10-25-11-9-19/h2-14H,15H2,1H3,(H,25,28)(H,27,30). The number of benzene rings is 2. The number of aryl methyl sites for hydroxylation is 1. The quantitative estimate of drug-likeness (QED) is 0.435. The van der Waals surface area contributed by atoms with Gasteiger partial charge >= 0.3 is 0 Å². The molecule has 33 heavy (non-hydrogen) atoms. The number of nitrogens with zero attached hydrogens (tertiary/aromatic N) is 3. The number of halogens is 1. The molecule has 0 aliphatic rings. The summed E-state index contributed by atoms with van der Waals surface area (Å²) in [5.74, 6) is -0.175. The van der Waals surface area contributed by atoms with E-state index in [9.17, 15) is 17.6 Å². The maximum absolute atomic E-state index is 14.5. The average Bonchev–Trinajstić information content (AvgIpc) is 3.23. The third kappa shape index (κ3) is 5.07. The van der Waals surface area contributed by atoms with Crippen LogP contribution in [0.2, 0.25) is 0 Å². The molecule has 8 nitrogen and oxygen atoms in total. The van der Waals surface area contributed by atoms with E-state index >= 15 is 0 Å². The number of carbonyl (C=O) groups excluding carboxylic acids is 1. The SMILES string of the molecule is Cc1nccn1-c1ccc(CNC(=O)c2ccc(S(=O)(=O)Nc3ccncc3)cc2)cc1F. The summed E-state index contributed by atoms with van der Waals surface area (Å²) in [6.07, 6.45) is 6.22. The number of anilines is 1. The Morgan fingerprint density at radius 2 is 1.76 bits per heavy atom. The van der Waals surface area contributed by atoms with E-state index in [1.54, 1.807) is 36.0 Å². The second-order valence-electron chi connectivity index (χ2n) is 7.18. The number of rotatable bonds is 7. The molecule has 4 aromatic rings. The molecule has 0 fully saturated rings. The second-order valence-corrected chi connectivity index (χ2v) is 8.86. The minimum Gasteiger partial charge on any atom is -0.348 e. The third-order valence-electron chi connectivity index (χ3n) is 4.91. The van der Waals surface area contributed by atoms with Crippen molar-refractivity contribution in [2.45, 2.75) is 18.4 Å². The first-order chi connectivity index (χ1) is 15.8. The van der Waals surface area contributed by atoms with Crippen LogP contribution in [-0.4, -0.2) is 28.9 Å². The fourth-order valence-corrected chi connectivity index (χ4v) is 4.25. The van der Waals surface area contributed by atoms with Gasteiger partial charge in [0.05, 0.1) is 16.3 Å². The lowest BCUT2D eigenvalue weighted by Crippen LogP contribution is -2.23. The van der Waals surface area contributed by atoms with E-state index in [0.29, 0.717) is 22.8 Å². The van der Waals surface area contributed by atoms with Crippen LogP contribution in [0, 0.1) is 12.7 Å². The molecule has 168 valence electrons. The van der Waals surface area contributed by atoms with Crippen molar-refractivity contribution in [2.24, 2.45) is 0 Å². The summed E-state index contributed by atoms with van der Waals surface area (Å²) >= 11 is 0. The molecule has 2 aromatic carbocycles. The van der Waals surface area contributed by atoms with Crippen molar-refractivity contribution in [2.75, 3.05) is 4.72 Å². The van der Waals surface area contributed by atoms with E-state index in [1.807, 2.05) is 0 Å². The Labute approximate surface area is 190 Å². The van der Waals surface area contributed by atoms with Gasteiger partial charge < -0.3 is 9.88 Å². The molecule has 0 radical (unpaired) electrons. The molecular weight excluding hydrogens is 445 g/mol. The average molecular weight is 466 g/mol. The molecule has 1 amide bonds. The number of pyridine rings is 1. The first-order valence-corrected chi connectivity index (χ1v) is 11.4. The molecule has 10 heteroatoms. The second kappa shape index (κ2) is 9.21. The van der Waals surface area contributed by atoms with Gasteiger partial charge in [-0.3, -0.25) is 14.5 Å². The lowest BCUT2D eigenvalue weighted by atomic mass is 10.1. The molecule has 2 aromatic heterocycles. The van der Waals surface area contributed by atoms with Crippen LogP contribution in [0.15, 0.2) is 84.3 Å². The molecule has 0 aliphatic carbocycles. The molecule has 0 atom stereocenters. The summed E-state index contributed by atoms with van der Waals surface area (Å²) in [4.78, 5) is 20.4.